The Kier molecular flexibility index (Phi) is 8.63. The fourth-order valence-corrected chi connectivity index (χ4v) is 5.22. The number of rotatable bonds is 8. The zero-order chi connectivity index (χ0) is 26.6. The molecule has 4 atom stereocenters. The molecule has 1 aliphatic heterocycles. The van der Waals surface area contributed by atoms with Crippen molar-refractivity contribution in [3.8, 4) is 10.4 Å². The fraction of sp³-hybridized carbons (Fsp3) is 0.500. The van der Waals surface area contributed by atoms with Crippen molar-refractivity contribution in [1.82, 2.24) is 20.5 Å². The first-order valence-corrected chi connectivity index (χ1v) is 12.8. The second-order valence-corrected chi connectivity index (χ2v) is 11.1. The van der Waals surface area contributed by atoms with E-state index in [2.05, 4.69) is 15.6 Å². The van der Waals surface area contributed by atoms with E-state index >= 15 is 0 Å². The minimum atomic E-state index is -0.917. The second kappa shape index (κ2) is 11.3. The number of nitrogens with zero attached hydrogens (tertiary/aromatic N) is 2. The van der Waals surface area contributed by atoms with E-state index in [0.29, 0.717) is 0 Å². The smallest absolute Gasteiger partial charge is 0.246 e. The van der Waals surface area contributed by atoms with Gasteiger partial charge in [0.05, 0.1) is 28.2 Å². The summed E-state index contributed by atoms with van der Waals surface area (Å²) in [6.07, 6.45) is 0.00975. The fourth-order valence-electron chi connectivity index (χ4n) is 4.41. The van der Waals surface area contributed by atoms with Gasteiger partial charge in [0.25, 0.3) is 0 Å². The van der Waals surface area contributed by atoms with Crippen molar-refractivity contribution in [2.24, 2.45) is 5.41 Å². The Labute approximate surface area is 215 Å². The summed E-state index contributed by atoms with van der Waals surface area (Å²) in [5.41, 5.74) is 3.87. The number of nitrogens with one attached hydrogen (secondary N) is 2. The molecular weight excluding hydrogens is 480 g/mol. The average molecular weight is 515 g/mol. The van der Waals surface area contributed by atoms with Crippen molar-refractivity contribution in [1.29, 1.82) is 0 Å². The highest BCUT2D eigenvalue weighted by molar-refractivity contribution is 7.13. The van der Waals surface area contributed by atoms with Crippen LogP contribution in [0.1, 0.15) is 57.8 Å². The normalized spacial score (nSPS) is 19.4. The SMILES string of the molecule is CC(=O)N[C@H](C(=O)N1C[C@H](O)C[C@H]1C(=O)N[C@@H](CC=O)c1ccc(-c2scnc2C)cc1)C(C)(C)C. The maximum absolute atomic E-state index is 13.4. The molecule has 1 saturated heterocycles. The highest BCUT2D eigenvalue weighted by Gasteiger charge is 2.44. The summed E-state index contributed by atoms with van der Waals surface area (Å²) in [5.74, 6) is -1.23. The first kappa shape index (κ1) is 27.5. The van der Waals surface area contributed by atoms with Crippen LogP contribution >= 0.6 is 11.3 Å². The van der Waals surface area contributed by atoms with Crippen LogP contribution in [-0.4, -0.2) is 63.7 Å². The summed E-state index contributed by atoms with van der Waals surface area (Å²) < 4.78 is 0. The van der Waals surface area contributed by atoms with E-state index in [1.54, 1.807) is 16.8 Å². The molecule has 36 heavy (non-hydrogen) atoms. The third-order valence-corrected chi connectivity index (χ3v) is 7.27. The van der Waals surface area contributed by atoms with Crippen molar-refractivity contribution >= 4 is 35.3 Å². The second-order valence-electron chi connectivity index (χ2n) is 10.2. The predicted molar refractivity (Wildman–Crippen MR) is 137 cm³/mol. The zero-order valence-corrected chi connectivity index (χ0v) is 22.1. The van der Waals surface area contributed by atoms with Crippen LogP contribution in [0.15, 0.2) is 29.8 Å². The molecule has 1 aromatic carbocycles. The number of hydrogen-bond donors (Lipinski definition) is 3. The van der Waals surface area contributed by atoms with Crippen LogP contribution < -0.4 is 10.6 Å². The summed E-state index contributed by atoms with van der Waals surface area (Å²) in [4.78, 5) is 56.6. The number of benzene rings is 1. The number of aryl methyl sites for hydroxylation is 1. The Hall–Kier alpha value is -3.11. The number of aliphatic hydroxyl groups is 1. The number of carbonyl (C=O) groups is 4. The number of aromatic nitrogens is 1. The number of thiazole rings is 1. The summed E-state index contributed by atoms with van der Waals surface area (Å²) in [7, 11) is 0. The van der Waals surface area contributed by atoms with Gasteiger partial charge in [0.1, 0.15) is 18.4 Å². The van der Waals surface area contributed by atoms with E-state index in [1.807, 2.05) is 52.0 Å². The van der Waals surface area contributed by atoms with Crippen LogP contribution in [0.2, 0.25) is 0 Å². The highest BCUT2D eigenvalue weighted by atomic mass is 32.1. The lowest BCUT2D eigenvalue weighted by atomic mass is 9.85. The zero-order valence-electron chi connectivity index (χ0n) is 21.3. The van der Waals surface area contributed by atoms with Gasteiger partial charge in [-0.1, -0.05) is 45.0 Å². The molecule has 0 bridgehead atoms. The predicted octanol–water partition coefficient (Wildman–Crippen LogP) is 2.38. The summed E-state index contributed by atoms with van der Waals surface area (Å²) in [6, 6.07) is 5.22. The first-order valence-electron chi connectivity index (χ1n) is 11.9. The van der Waals surface area contributed by atoms with Crippen LogP contribution in [0.5, 0.6) is 0 Å². The van der Waals surface area contributed by atoms with Gasteiger partial charge in [-0.25, -0.2) is 4.98 Å². The van der Waals surface area contributed by atoms with Crippen molar-refractivity contribution in [3.05, 3.63) is 41.0 Å². The number of carbonyl (C=O) groups excluding carboxylic acids is 4. The maximum atomic E-state index is 13.4. The minimum Gasteiger partial charge on any atom is -0.391 e. The standard InChI is InChI=1S/C26H34N4O5S/c1-15-22(36-14-27-15)18-8-6-17(7-9-18)20(10-11-31)29-24(34)21-12-19(33)13-30(21)25(35)23(26(3,4)5)28-16(2)32/h6-9,11,14,19-21,23,33H,10,12-13H2,1-5H3,(H,28,32)(H,29,34)/t19-,20+,21+,23-/m1/s1. The molecule has 1 aliphatic rings. The molecule has 0 saturated carbocycles. The molecule has 194 valence electrons. The molecule has 1 aromatic heterocycles. The van der Waals surface area contributed by atoms with Crippen LogP contribution in [0, 0.1) is 12.3 Å². The van der Waals surface area contributed by atoms with Gasteiger partial charge in [0.15, 0.2) is 0 Å². The molecule has 3 amide bonds. The van der Waals surface area contributed by atoms with Crippen molar-refractivity contribution in [2.45, 2.75) is 71.7 Å². The first-order chi connectivity index (χ1) is 16.9. The third-order valence-electron chi connectivity index (χ3n) is 6.29. The molecule has 3 rings (SSSR count). The van der Waals surface area contributed by atoms with E-state index in [-0.39, 0.29) is 25.3 Å². The van der Waals surface area contributed by atoms with Gasteiger partial charge in [-0.15, -0.1) is 11.3 Å². The van der Waals surface area contributed by atoms with Crippen LogP contribution in [0.25, 0.3) is 10.4 Å². The lowest BCUT2D eigenvalue weighted by Gasteiger charge is -2.35. The van der Waals surface area contributed by atoms with Crippen molar-refractivity contribution < 1.29 is 24.3 Å². The van der Waals surface area contributed by atoms with Gasteiger partial charge < -0.3 is 25.4 Å². The molecule has 9 nitrogen and oxygen atoms in total. The Morgan fingerprint density at radius 1 is 1.22 bits per heavy atom. The Balaban J connectivity index is 1.80. The molecule has 0 spiro atoms. The van der Waals surface area contributed by atoms with Crippen molar-refractivity contribution in [2.75, 3.05) is 6.54 Å². The van der Waals surface area contributed by atoms with Crippen LogP contribution in [0.4, 0.5) is 0 Å². The molecule has 0 aliphatic carbocycles. The van der Waals surface area contributed by atoms with Crippen LogP contribution in [-0.2, 0) is 19.2 Å². The van der Waals surface area contributed by atoms with Gasteiger partial charge in [-0.3, -0.25) is 14.4 Å². The molecule has 10 heteroatoms. The Morgan fingerprint density at radius 3 is 2.42 bits per heavy atom. The van der Waals surface area contributed by atoms with Crippen molar-refractivity contribution in [3.63, 3.8) is 0 Å². The summed E-state index contributed by atoms with van der Waals surface area (Å²) >= 11 is 1.54. The minimum absolute atomic E-state index is 0.00959. The van der Waals surface area contributed by atoms with Gasteiger partial charge in [-0.05, 0) is 23.5 Å². The van der Waals surface area contributed by atoms with Gasteiger partial charge >= 0.3 is 0 Å². The molecule has 0 unspecified atom stereocenters. The average Bonchev–Trinajstić information content (AvgIpc) is 3.41. The van der Waals surface area contributed by atoms with Gasteiger partial charge in [0.2, 0.25) is 17.7 Å². The molecule has 1 fully saturated rings. The quantitative estimate of drug-likeness (QED) is 0.464. The van der Waals surface area contributed by atoms with Crippen LogP contribution in [0.3, 0.4) is 0 Å². The monoisotopic (exact) mass is 514 g/mol. The topological polar surface area (TPSA) is 129 Å². The Bertz CT molecular complexity index is 1110. The Morgan fingerprint density at radius 2 is 1.89 bits per heavy atom. The number of amides is 3. The number of likely N-dealkylation sites (tertiary alicyclic amines) is 1. The van der Waals surface area contributed by atoms with E-state index in [4.69, 9.17) is 0 Å². The third kappa shape index (κ3) is 6.36. The van der Waals surface area contributed by atoms with E-state index in [0.717, 1.165) is 28.0 Å². The van der Waals surface area contributed by atoms with E-state index < -0.39 is 41.5 Å². The van der Waals surface area contributed by atoms with Gasteiger partial charge in [0, 0.05) is 26.3 Å². The largest absolute Gasteiger partial charge is 0.391 e. The molecule has 2 aromatic rings. The molecule has 0 radical (unpaired) electrons. The number of hydrogen-bond acceptors (Lipinski definition) is 7. The van der Waals surface area contributed by atoms with E-state index in [1.165, 1.54) is 11.8 Å². The highest BCUT2D eigenvalue weighted by Crippen LogP contribution is 2.30. The number of aldehydes is 1. The molecule has 2 heterocycles. The van der Waals surface area contributed by atoms with Gasteiger partial charge in [-0.2, -0.15) is 0 Å². The summed E-state index contributed by atoms with van der Waals surface area (Å²) in [5, 5.41) is 15.9. The molecular formula is C26H34N4O5S. The lowest BCUT2D eigenvalue weighted by molar-refractivity contribution is -0.144. The number of β-amino-alcohol motifs (C(OH)–C–C–N with tert-alkyl or cyclic N) is 1. The molecule has 3 N–H and O–H groups in total. The number of aliphatic hydroxyl groups excluding tert-OH is 1. The van der Waals surface area contributed by atoms with E-state index in [9.17, 15) is 24.3 Å². The summed E-state index contributed by atoms with van der Waals surface area (Å²) in [6.45, 7) is 8.74. The lowest BCUT2D eigenvalue weighted by Crippen LogP contribution is -2.57. The maximum Gasteiger partial charge on any atom is 0.246 e.